The SMILES string of the molecule is O=C1c2c(O)c(=O)ccn2N(C2c3ccccc3SCc3ncccc32)C2COCCN12. The third kappa shape index (κ3) is 2.78. The van der Waals surface area contributed by atoms with E-state index in [0.717, 1.165) is 27.5 Å². The first-order valence-corrected chi connectivity index (χ1v) is 11.4. The Kier molecular flexibility index (Phi) is 4.48. The molecule has 1 N–H and O–H groups in total. The summed E-state index contributed by atoms with van der Waals surface area (Å²) in [5.74, 6) is -0.175. The molecule has 3 aliphatic heterocycles. The van der Waals surface area contributed by atoms with Crippen LogP contribution in [-0.4, -0.2) is 51.5 Å². The maximum Gasteiger partial charge on any atom is 0.278 e. The lowest BCUT2D eigenvalue weighted by molar-refractivity contribution is -0.0197. The van der Waals surface area contributed by atoms with Crippen LogP contribution in [0.15, 0.2) is 64.5 Å². The molecule has 1 aromatic carbocycles. The number of morpholine rings is 1. The van der Waals surface area contributed by atoms with Gasteiger partial charge in [0.1, 0.15) is 12.2 Å². The minimum atomic E-state index is -0.574. The number of benzene rings is 1. The van der Waals surface area contributed by atoms with Gasteiger partial charge in [-0.05, 0) is 17.7 Å². The molecule has 1 saturated heterocycles. The largest absolute Gasteiger partial charge is 0.502 e. The molecule has 0 saturated carbocycles. The van der Waals surface area contributed by atoms with Crippen LogP contribution in [0.4, 0.5) is 0 Å². The van der Waals surface area contributed by atoms with Crippen molar-refractivity contribution in [1.29, 1.82) is 0 Å². The summed E-state index contributed by atoms with van der Waals surface area (Å²) in [6, 6.07) is 13.2. The zero-order valence-corrected chi connectivity index (χ0v) is 17.9. The molecule has 9 heteroatoms. The van der Waals surface area contributed by atoms with Gasteiger partial charge < -0.3 is 14.7 Å². The highest BCUT2D eigenvalue weighted by molar-refractivity contribution is 7.98. The van der Waals surface area contributed by atoms with Crippen LogP contribution < -0.4 is 10.4 Å². The summed E-state index contributed by atoms with van der Waals surface area (Å²) in [5.41, 5.74) is 2.47. The highest BCUT2D eigenvalue weighted by atomic mass is 32.2. The molecular weight excluding hydrogens is 428 g/mol. The van der Waals surface area contributed by atoms with Crippen LogP contribution >= 0.6 is 11.8 Å². The van der Waals surface area contributed by atoms with E-state index in [1.807, 2.05) is 23.2 Å². The van der Waals surface area contributed by atoms with Gasteiger partial charge in [-0.2, -0.15) is 0 Å². The smallest absolute Gasteiger partial charge is 0.278 e. The number of carbonyl (C=O) groups excluding carboxylic acids is 1. The number of carbonyl (C=O) groups is 1. The van der Waals surface area contributed by atoms with Crippen molar-refractivity contribution in [3.8, 4) is 5.75 Å². The Bertz CT molecular complexity index is 1250. The van der Waals surface area contributed by atoms with Crippen LogP contribution in [0.2, 0.25) is 0 Å². The highest BCUT2D eigenvalue weighted by Crippen LogP contribution is 2.43. The highest BCUT2D eigenvalue weighted by Gasteiger charge is 2.45. The number of pyridine rings is 2. The molecule has 8 nitrogen and oxygen atoms in total. The fraction of sp³-hybridized carbons (Fsp3) is 0.261. The first-order valence-electron chi connectivity index (χ1n) is 10.4. The van der Waals surface area contributed by atoms with E-state index < -0.39 is 17.3 Å². The van der Waals surface area contributed by atoms with Crippen molar-refractivity contribution in [2.75, 3.05) is 24.8 Å². The van der Waals surface area contributed by atoms with Crippen molar-refractivity contribution in [3.63, 3.8) is 0 Å². The fourth-order valence-corrected chi connectivity index (χ4v) is 5.84. The van der Waals surface area contributed by atoms with E-state index in [0.29, 0.717) is 19.8 Å². The van der Waals surface area contributed by atoms with Gasteiger partial charge in [0, 0.05) is 41.2 Å². The van der Waals surface area contributed by atoms with Crippen LogP contribution in [0.5, 0.6) is 5.75 Å². The molecule has 32 heavy (non-hydrogen) atoms. The maximum atomic E-state index is 13.3. The molecule has 6 rings (SSSR count). The van der Waals surface area contributed by atoms with E-state index in [4.69, 9.17) is 4.74 Å². The van der Waals surface area contributed by atoms with Crippen LogP contribution in [-0.2, 0) is 10.5 Å². The van der Waals surface area contributed by atoms with Crippen molar-refractivity contribution in [2.45, 2.75) is 22.9 Å². The van der Waals surface area contributed by atoms with Crippen molar-refractivity contribution < 1.29 is 14.6 Å². The van der Waals surface area contributed by atoms with Crippen molar-refractivity contribution >= 4 is 17.7 Å². The van der Waals surface area contributed by atoms with E-state index in [-0.39, 0.29) is 17.6 Å². The number of fused-ring (bicyclic) bond motifs is 4. The normalized spacial score (nSPS) is 21.8. The Morgan fingerprint density at radius 1 is 1.09 bits per heavy atom. The van der Waals surface area contributed by atoms with Gasteiger partial charge in [-0.3, -0.25) is 24.3 Å². The van der Waals surface area contributed by atoms with Gasteiger partial charge in [0.05, 0.1) is 18.9 Å². The molecule has 1 fully saturated rings. The third-order valence-electron chi connectivity index (χ3n) is 6.24. The van der Waals surface area contributed by atoms with Crippen LogP contribution in [0.1, 0.15) is 33.4 Å². The van der Waals surface area contributed by atoms with Gasteiger partial charge in [0.15, 0.2) is 11.4 Å². The second-order valence-corrected chi connectivity index (χ2v) is 8.94. The number of ether oxygens (including phenoxy) is 1. The van der Waals surface area contributed by atoms with Crippen LogP contribution in [0, 0.1) is 0 Å². The van der Waals surface area contributed by atoms with Gasteiger partial charge >= 0.3 is 0 Å². The Hall–Kier alpha value is -3.30. The van der Waals surface area contributed by atoms with E-state index >= 15 is 0 Å². The predicted molar refractivity (Wildman–Crippen MR) is 118 cm³/mol. The Morgan fingerprint density at radius 2 is 1.94 bits per heavy atom. The number of thioether (sulfide) groups is 1. The van der Waals surface area contributed by atoms with Gasteiger partial charge in [-0.25, -0.2) is 0 Å². The van der Waals surface area contributed by atoms with Gasteiger partial charge in [0.25, 0.3) is 5.91 Å². The van der Waals surface area contributed by atoms with Gasteiger partial charge in [-0.15, -0.1) is 11.8 Å². The van der Waals surface area contributed by atoms with E-state index in [9.17, 15) is 14.7 Å². The Labute approximate surface area is 188 Å². The van der Waals surface area contributed by atoms with Gasteiger partial charge in [-0.1, -0.05) is 24.3 Å². The molecule has 0 bridgehead atoms. The molecule has 3 aliphatic rings. The molecule has 5 heterocycles. The quantitative estimate of drug-likeness (QED) is 0.610. The number of nitrogens with zero attached hydrogens (tertiary/aromatic N) is 4. The fourth-order valence-electron chi connectivity index (χ4n) is 4.79. The Morgan fingerprint density at radius 3 is 2.84 bits per heavy atom. The minimum Gasteiger partial charge on any atom is -0.502 e. The average molecular weight is 449 g/mol. The first-order chi connectivity index (χ1) is 15.6. The Balaban J connectivity index is 1.66. The minimum absolute atomic E-state index is 0.0181. The number of rotatable bonds is 1. The zero-order chi connectivity index (χ0) is 21.8. The van der Waals surface area contributed by atoms with Gasteiger partial charge in [0.2, 0.25) is 5.43 Å². The zero-order valence-electron chi connectivity index (χ0n) is 17.0. The maximum absolute atomic E-state index is 13.3. The van der Waals surface area contributed by atoms with Crippen molar-refractivity contribution in [1.82, 2.24) is 14.6 Å². The van der Waals surface area contributed by atoms with Crippen molar-refractivity contribution in [2.24, 2.45) is 0 Å². The summed E-state index contributed by atoms with van der Waals surface area (Å²) < 4.78 is 7.42. The number of aromatic hydroxyl groups is 1. The molecule has 1 amide bonds. The number of hydrogen-bond acceptors (Lipinski definition) is 7. The summed E-state index contributed by atoms with van der Waals surface area (Å²) in [5, 5.41) is 12.7. The molecular formula is C23H20N4O4S. The average Bonchev–Trinajstić information content (AvgIpc) is 2.99. The summed E-state index contributed by atoms with van der Waals surface area (Å²) in [7, 11) is 0. The van der Waals surface area contributed by atoms with E-state index in [1.54, 1.807) is 33.7 Å². The summed E-state index contributed by atoms with van der Waals surface area (Å²) in [4.78, 5) is 33.0. The molecule has 0 aliphatic carbocycles. The standard InChI is InChI=1S/C23H20N4O4S/c28-17-7-9-26-21(22(17)29)23(30)25-10-11-31-12-19(25)27(26)20-14-5-3-8-24-16(14)13-32-18-6-2-1-4-15(18)20/h1-9,19-20,29H,10-13H2. The molecule has 0 radical (unpaired) electrons. The topological polar surface area (TPSA) is 87.9 Å². The summed E-state index contributed by atoms with van der Waals surface area (Å²) in [6.45, 7) is 1.11. The summed E-state index contributed by atoms with van der Waals surface area (Å²) in [6.07, 6.45) is 2.95. The lowest BCUT2D eigenvalue weighted by Crippen LogP contribution is -2.66. The van der Waals surface area contributed by atoms with E-state index in [1.165, 1.54) is 6.07 Å². The molecule has 0 spiro atoms. The molecule has 2 aromatic heterocycles. The number of aromatic nitrogens is 2. The van der Waals surface area contributed by atoms with E-state index in [2.05, 4.69) is 23.2 Å². The molecule has 2 atom stereocenters. The second-order valence-electron chi connectivity index (χ2n) is 7.92. The molecule has 2 unspecified atom stereocenters. The first kappa shape index (κ1) is 19.4. The molecule has 162 valence electrons. The molecule has 3 aromatic rings. The van der Waals surface area contributed by atoms with Crippen LogP contribution in [0.3, 0.4) is 0 Å². The lowest BCUT2D eigenvalue weighted by Gasteiger charge is -2.51. The van der Waals surface area contributed by atoms with Crippen molar-refractivity contribution in [3.05, 3.63) is 87.6 Å². The third-order valence-corrected chi connectivity index (χ3v) is 7.34. The second kappa shape index (κ2) is 7.39. The monoisotopic (exact) mass is 448 g/mol. The van der Waals surface area contributed by atoms with Crippen LogP contribution in [0.25, 0.3) is 0 Å². The lowest BCUT2D eigenvalue weighted by atomic mass is 9.96. The number of hydrogen-bond donors (Lipinski definition) is 1. The summed E-state index contributed by atoms with van der Waals surface area (Å²) >= 11 is 1.73. The number of amides is 1. The predicted octanol–water partition coefficient (Wildman–Crippen LogP) is 2.09.